The topological polar surface area (TPSA) is 75.9 Å². The average molecular weight is 398 g/mol. The minimum absolute atomic E-state index is 0.0612. The zero-order chi connectivity index (χ0) is 20.1. The van der Waals surface area contributed by atoms with E-state index >= 15 is 0 Å². The maximum Gasteiger partial charge on any atom is 0.183 e. The third kappa shape index (κ3) is 5.08. The van der Waals surface area contributed by atoms with Gasteiger partial charge in [0.25, 0.3) is 0 Å². The van der Waals surface area contributed by atoms with Crippen molar-refractivity contribution >= 4 is 17.4 Å². The van der Waals surface area contributed by atoms with Crippen molar-refractivity contribution in [3.05, 3.63) is 52.6 Å². The zero-order valence-electron chi connectivity index (χ0n) is 16.2. The van der Waals surface area contributed by atoms with Crippen LogP contribution in [0.1, 0.15) is 73.6 Å². The first-order valence-electron chi connectivity index (χ1n) is 9.67. The zero-order valence-corrected chi connectivity index (χ0v) is 16.9. The smallest absolute Gasteiger partial charge is 0.183 e. The second-order valence-electron chi connectivity index (χ2n) is 7.62. The van der Waals surface area contributed by atoms with Crippen LogP contribution in [-0.4, -0.2) is 21.9 Å². The molecule has 146 valence electrons. The van der Waals surface area contributed by atoms with E-state index in [0.29, 0.717) is 40.3 Å². The van der Waals surface area contributed by atoms with Crippen molar-refractivity contribution in [3.8, 4) is 11.8 Å². The van der Waals surface area contributed by atoms with E-state index in [1.165, 1.54) is 0 Å². The van der Waals surface area contributed by atoms with Gasteiger partial charge in [0, 0.05) is 18.7 Å². The minimum atomic E-state index is 0.0612. The van der Waals surface area contributed by atoms with Gasteiger partial charge in [-0.2, -0.15) is 5.26 Å². The summed E-state index contributed by atoms with van der Waals surface area (Å²) in [6.45, 7) is 4.11. The number of hydrogen-bond acceptors (Lipinski definition) is 5. The van der Waals surface area contributed by atoms with Crippen LogP contribution < -0.4 is 4.74 Å². The molecule has 3 rings (SSSR count). The Hall–Kier alpha value is -2.45. The average Bonchev–Trinajstić information content (AvgIpc) is 2.69. The number of nitrogens with zero attached hydrogens (tertiary/aromatic N) is 3. The fourth-order valence-electron chi connectivity index (χ4n) is 3.45. The van der Waals surface area contributed by atoms with Crippen LogP contribution in [0.5, 0.6) is 5.75 Å². The number of rotatable bonds is 6. The molecule has 1 aliphatic carbocycles. The number of ether oxygens (including phenoxy) is 1. The Morgan fingerprint density at radius 2 is 2.00 bits per heavy atom. The molecule has 1 fully saturated rings. The first-order chi connectivity index (χ1) is 13.5. The molecule has 6 heteroatoms. The van der Waals surface area contributed by atoms with Gasteiger partial charge in [0.1, 0.15) is 17.5 Å². The Kier molecular flexibility index (Phi) is 6.64. The molecule has 1 aliphatic rings. The van der Waals surface area contributed by atoms with Crippen molar-refractivity contribution in [1.29, 1.82) is 5.26 Å². The molecule has 2 aromatic rings. The van der Waals surface area contributed by atoms with Crippen LogP contribution >= 0.6 is 11.6 Å². The van der Waals surface area contributed by atoms with E-state index < -0.39 is 0 Å². The highest BCUT2D eigenvalue weighted by Crippen LogP contribution is 2.31. The molecule has 0 unspecified atom stereocenters. The first-order valence-corrected chi connectivity index (χ1v) is 10.1. The van der Waals surface area contributed by atoms with Gasteiger partial charge in [-0.1, -0.05) is 25.4 Å². The molecule has 1 aromatic carbocycles. The van der Waals surface area contributed by atoms with E-state index in [9.17, 15) is 4.79 Å². The largest absolute Gasteiger partial charge is 0.490 e. The van der Waals surface area contributed by atoms with Crippen molar-refractivity contribution in [2.75, 3.05) is 0 Å². The predicted molar refractivity (Wildman–Crippen MR) is 108 cm³/mol. The van der Waals surface area contributed by atoms with Crippen LogP contribution in [0, 0.1) is 17.2 Å². The van der Waals surface area contributed by atoms with Gasteiger partial charge in [-0.3, -0.25) is 9.78 Å². The number of halogens is 1. The molecule has 0 N–H and O–H groups in total. The van der Waals surface area contributed by atoms with Crippen LogP contribution in [0.4, 0.5) is 0 Å². The number of hydrogen-bond donors (Lipinski definition) is 0. The summed E-state index contributed by atoms with van der Waals surface area (Å²) in [5.74, 6) is 1.40. The van der Waals surface area contributed by atoms with E-state index in [4.69, 9.17) is 21.6 Å². The van der Waals surface area contributed by atoms with E-state index in [-0.39, 0.29) is 11.9 Å². The Bertz CT molecular complexity index is 866. The quantitative estimate of drug-likeness (QED) is 0.615. The van der Waals surface area contributed by atoms with Crippen LogP contribution in [0.25, 0.3) is 0 Å². The summed E-state index contributed by atoms with van der Waals surface area (Å²) < 4.78 is 6.01. The maximum atomic E-state index is 12.5. The molecular formula is C22H24ClN3O2. The molecular weight excluding hydrogens is 374 g/mol. The highest BCUT2D eigenvalue weighted by Gasteiger charge is 2.25. The SMILES string of the molecule is CC(C)c1cnc(C(=O)CC2CCC(Oc3ccc(C#N)c(Cl)c3)CC2)cn1. The Labute approximate surface area is 170 Å². The van der Waals surface area contributed by atoms with Gasteiger partial charge in [0.05, 0.1) is 28.6 Å². The number of nitriles is 1. The van der Waals surface area contributed by atoms with Crippen LogP contribution in [-0.2, 0) is 0 Å². The fourth-order valence-corrected chi connectivity index (χ4v) is 3.67. The highest BCUT2D eigenvalue weighted by molar-refractivity contribution is 6.31. The molecule has 1 aromatic heterocycles. The van der Waals surface area contributed by atoms with Crippen molar-refractivity contribution in [1.82, 2.24) is 9.97 Å². The van der Waals surface area contributed by atoms with E-state index in [1.54, 1.807) is 30.6 Å². The van der Waals surface area contributed by atoms with Crippen molar-refractivity contribution < 1.29 is 9.53 Å². The Balaban J connectivity index is 1.49. The summed E-state index contributed by atoms with van der Waals surface area (Å²) in [6, 6.07) is 7.18. The van der Waals surface area contributed by atoms with E-state index in [1.807, 2.05) is 6.07 Å². The van der Waals surface area contributed by atoms with Crippen LogP contribution in [0.3, 0.4) is 0 Å². The molecule has 0 aliphatic heterocycles. The molecule has 5 nitrogen and oxygen atoms in total. The lowest BCUT2D eigenvalue weighted by Gasteiger charge is -2.28. The van der Waals surface area contributed by atoms with E-state index in [0.717, 1.165) is 31.4 Å². The number of ketones is 1. The van der Waals surface area contributed by atoms with Gasteiger partial charge >= 0.3 is 0 Å². The molecule has 28 heavy (non-hydrogen) atoms. The second kappa shape index (κ2) is 9.16. The van der Waals surface area contributed by atoms with Crippen molar-refractivity contribution in [2.24, 2.45) is 5.92 Å². The Morgan fingerprint density at radius 3 is 2.57 bits per heavy atom. The van der Waals surface area contributed by atoms with Crippen molar-refractivity contribution in [3.63, 3.8) is 0 Å². The summed E-state index contributed by atoms with van der Waals surface area (Å²) in [7, 11) is 0. The van der Waals surface area contributed by atoms with Gasteiger partial charge in [-0.05, 0) is 49.7 Å². The molecule has 0 atom stereocenters. The lowest BCUT2D eigenvalue weighted by atomic mass is 9.84. The maximum absolute atomic E-state index is 12.5. The van der Waals surface area contributed by atoms with Gasteiger partial charge in [-0.25, -0.2) is 4.98 Å². The van der Waals surface area contributed by atoms with Gasteiger partial charge < -0.3 is 4.74 Å². The van der Waals surface area contributed by atoms with Crippen molar-refractivity contribution in [2.45, 2.75) is 58.0 Å². The molecule has 0 radical (unpaired) electrons. The summed E-state index contributed by atoms with van der Waals surface area (Å²) in [5, 5.41) is 9.35. The van der Waals surface area contributed by atoms with E-state index in [2.05, 4.69) is 23.8 Å². The third-order valence-corrected chi connectivity index (χ3v) is 5.49. The minimum Gasteiger partial charge on any atom is -0.490 e. The summed E-state index contributed by atoms with van der Waals surface area (Å²) >= 11 is 6.06. The summed E-state index contributed by atoms with van der Waals surface area (Å²) in [5.41, 5.74) is 1.80. The van der Waals surface area contributed by atoms with Gasteiger partial charge in [0.2, 0.25) is 0 Å². The number of benzene rings is 1. The van der Waals surface area contributed by atoms with Crippen LogP contribution in [0.15, 0.2) is 30.6 Å². The molecule has 0 spiro atoms. The van der Waals surface area contributed by atoms with Crippen LogP contribution in [0.2, 0.25) is 5.02 Å². The van der Waals surface area contributed by atoms with Gasteiger partial charge in [-0.15, -0.1) is 0 Å². The monoisotopic (exact) mass is 397 g/mol. The highest BCUT2D eigenvalue weighted by atomic mass is 35.5. The predicted octanol–water partition coefficient (Wildman–Crippen LogP) is 5.34. The summed E-state index contributed by atoms with van der Waals surface area (Å²) in [4.78, 5) is 21.1. The van der Waals surface area contributed by atoms with Gasteiger partial charge in [0.15, 0.2) is 5.78 Å². The molecule has 0 saturated heterocycles. The molecule has 1 heterocycles. The second-order valence-corrected chi connectivity index (χ2v) is 8.03. The Morgan fingerprint density at radius 1 is 1.25 bits per heavy atom. The standard InChI is InChI=1S/C22H24ClN3O2/c1-14(2)20-12-26-21(13-25-20)22(27)9-15-3-6-17(7-4-15)28-18-8-5-16(11-24)19(23)10-18/h5,8,10,12-15,17H,3-4,6-7,9H2,1-2H3. The molecule has 1 saturated carbocycles. The third-order valence-electron chi connectivity index (χ3n) is 5.18. The molecule has 0 amide bonds. The normalized spacial score (nSPS) is 19.2. The number of aromatic nitrogens is 2. The number of carbonyl (C=O) groups excluding carboxylic acids is 1. The fraction of sp³-hybridized carbons (Fsp3) is 0.455. The lowest BCUT2D eigenvalue weighted by Crippen LogP contribution is -2.25. The molecule has 0 bridgehead atoms. The number of carbonyl (C=O) groups is 1. The number of Topliss-reactive ketones (excluding diaryl/α,β-unsaturated/α-hetero) is 1. The summed E-state index contributed by atoms with van der Waals surface area (Å²) in [6.07, 6.45) is 7.59. The lowest BCUT2D eigenvalue weighted by molar-refractivity contribution is 0.0897. The first kappa shape index (κ1) is 20.3.